The molecule has 2 rings (SSSR count). The first-order valence-corrected chi connectivity index (χ1v) is 6.74. The molecular formula is C16H21NO3. The Labute approximate surface area is 118 Å². The number of carbonyl (C=O) groups is 1. The number of rotatable bonds is 3. The second-order valence-electron chi connectivity index (χ2n) is 6.24. The van der Waals surface area contributed by atoms with Crippen molar-refractivity contribution in [2.45, 2.75) is 33.8 Å². The molecule has 0 aliphatic heterocycles. The Morgan fingerprint density at radius 1 is 1.35 bits per heavy atom. The highest BCUT2D eigenvalue weighted by molar-refractivity contribution is 5.96. The number of aryl methyl sites for hydroxylation is 1. The molecule has 1 aromatic heterocycles. The normalized spacial score (nSPS) is 13.4. The zero-order valence-corrected chi connectivity index (χ0v) is 12.4. The summed E-state index contributed by atoms with van der Waals surface area (Å²) in [6.45, 7) is 7.97. The third-order valence-electron chi connectivity index (χ3n) is 3.35. The largest absolute Gasteiger partial charge is 0.451 e. The van der Waals surface area contributed by atoms with Crippen LogP contribution >= 0.6 is 0 Å². The molecule has 1 amide bonds. The van der Waals surface area contributed by atoms with Gasteiger partial charge in [-0.1, -0.05) is 32.4 Å². The number of hydrogen-bond acceptors (Lipinski definition) is 3. The number of amides is 1. The third-order valence-corrected chi connectivity index (χ3v) is 3.35. The lowest BCUT2D eigenvalue weighted by Crippen LogP contribution is -2.39. The van der Waals surface area contributed by atoms with E-state index in [0.29, 0.717) is 5.58 Å². The maximum Gasteiger partial charge on any atom is 0.287 e. The van der Waals surface area contributed by atoms with Gasteiger partial charge in [0.25, 0.3) is 5.91 Å². The third kappa shape index (κ3) is 3.20. The van der Waals surface area contributed by atoms with E-state index in [1.165, 1.54) is 0 Å². The van der Waals surface area contributed by atoms with E-state index in [9.17, 15) is 9.90 Å². The van der Waals surface area contributed by atoms with E-state index in [1.807, 2.05) is 45.9 Å². The number of nitrogens with one attached hydrogen (secondary N) is 1. The maximum absolute atomic E-state index is 12.0. The van der Waals surface area contributed by atoms with Gasteiger partial charge in [0, 0.05) is 11.9 Å². The summed E-state index contributed by atoms with van der Waals surface area (Å²) in [4.78, 5) is 12.0. The highest BCUT2D eigenvalue weighted by atomic mass is 16.3. The number of carbonyl (C=O) groups excluding carboxylic acids is 1. The number of benzene rings is 1. The summed E-state index contributed by atoms with van der Waals surface area (Å²) in [6.07, 6.45) is -0.599. The minimum absolute atomic E-state index is 0.207. The number of aliphatic hydroxyl groups excluding tert-OH is 1. The first kappa shape index (κ1) is 14.6. The Bertz CT molecular complexity index is 622. The van der Waals surface area contributed by atoms with Gasteiger partial charge < -0.3 is 14.8 Å². The second-order valence-corrected chi connectivity index (χ2v) is 6.24. The smallest absolute Gasteiger partial charge is 0.287 e. The molecule has 0 saturated heterocycles. The van der Waals surface area contributed by atoms with Gasteiger partial charge in [0.15, 0.2) is 5.76 Å². The molecular weight excluding hydrogens is 254 g/mol. The lowest BCUT2D eigenvalue weighted by Gasteiger charge is -2.25. The summed E-state index contributed by atoms with van der Waals surface area (Å²) < 4.78 is 5.51. The highest BCUT2D eigenvalue weighted by Crippen LogP contribution is 2.21. The lowest BCUT2D eigenvalue weighted by atomic mass is 9.89. The van der Waals surface area contributed by atoms with Crippen LogP contribution in [0.25, 0.3) is 11.0 Å². The van der Waals surface area contributed by atoms with E-state index < -0.39 is 6.10 Å². The molecule has 20 heavy (non-hydrogen) atoms. The Kier molecular flexibility index (Phi) is 3.86. The predicted molar refractivity (Wildman–Crippen MR) is 78.7 cm³/mol. The average Bonchev–Trinajstić information content (AvgIpc) is 2.77. The van der Waals surface area contributed by atoms with Gasteiger partial charge in [0.2, 0.25) is 0 Å². The van der Waals surface area contributed by atoms with Crippen LogP contribution in [0, 0.1) is 12.3 Å². The molecule has 0 fully saturated rings. The molecule has 0 radical (unpaired) electrons. The Morgan fingerprint density at radius 3 is 2.70 bits per heavy atom. The van der Waals surface area contributed by atoms with Gasteiger partial charge in [0.05, 0.1) is 6.10 Å². The summed E-state index contributed by atoms with van der Waals surface area (Å²) in [5, 5.41) is 13.5. The Morgan fingerprint density at radius 2 is 2.05 bits per heavy atom. The van der Waals surface area contributed by atoms with Crippen molar-refractivity contribution in [2.75, 3.05) is 6.54 Å². The average molecular weight is 275 g/mol. The van der Waals surface area contributed by atoms with Crippen LogP contribution in [0.3, 0.4) is 0 Å². The molecule has 1 unspecified atom stereocenters. The van der Waals surface area contributed by atoms with Crippen LogP contribution in [0.1, 0.15) is 36.9 Å². The van der Waals surface area contributed by atoms with Crippen LogP contribution in [0.5, 0.6) is 0 Å². The second kappa shape index (κ2) is 5.29. The van der Waals surface area contributed by atoms with Gasteiger partial charge in [-0.15, -0.1) is 0 Å². The Hall–Kier alpha value is -1.81. The zero-order valence-electron chi connectivity index (χ0n) is 12.4. The van der Waals surface area contributed by atoms with Crippen LogP contribution in [0.15, 0.2) is 28.7 Å². The van der Waals surface area contributed by atoms with E-state index in [4.69, 9.17) is 4.42 Å². The molecule has 2 aromatic rings. The highest BCUT2D eigenvalue weighted by Gasteiger charge is 2.23. The van der Waals surface area contributed by atoms with Crippen molar-refractivity contribution in [3.8, 4) is 0 Å². The van der Waals surface area contributed by atoms with E-state index in [0.717, 1.165) is 10.9 Å². The van der Waals surface area contributed by atoms with Gasteiger partial charge in [-0.2, -0.15) is 0 Å². The lowest BCUT2D eigenvalue weighted by molar-refractivity contribution is 0.0579. The van der Waals surface area contributed by atoms with Gasteiger partial charge in [-0.05, 0) is 30.5 Å². The van der Waals surface area contributed by atoms with E-state index in [-0.39, 0.29) is 23.6 Å². The number of furan rings is 1. The van der Waals surface area contributed by atoms with Crippen molar-refractivity contribution in [3.63, 3.8) is 0 Å². The van der Waals surface area contributed by atoms with E-state index >= 15 is 0 Å². The monoisotopic (exact) mass is 275 g/mol. The molecule has 0 saturated carbocycles. The molecule has 0 bridgehead atoms. The maximum atomic E-state index is 12.0. The van der Waals surface area contributed by atoms with Crippen molar-refractivity contribution < 1.29 is 14.3 Å². The number of hydrogen-bond donors (Lipinski definition) is 2. The van der Waals surface area contributed by atoms with Gasteiger partial charge >= 0.3 is 0 Å². The summed E-state index contributed by atoms with van der Waals surface area (Å²) in [7, 11) is 0. The van der Waals surface area contributed by atoms with Crippen molar-refractivity contribution in [2.24, 2.45) is 5.41 Å². The molecule has 0 spiro atoms. The van der Waals surface area contributed by atoms with Crippen LogP contribution in [-0.4, -0.2) is 23.7 Å². The summed E-state index contributed by atoms with van der Waals surface area (Å²) in [5.41, 5.74) is 1.55. The fourth-order valence-electron chi connectivity index (χ4n) is 1.86. The minimum atomic E-state index is -0.599. The van der Waals surface area contributed by atoms with E-state index in [2.05, 4.69) is 5.32 Å². The van der Waals surface area contributed by atoms with Gasteiger partial charge in [-0.3, -0.25) is 4.79 Å². The molecule has 1 atom stereocenters. The first-order valence-electron chi connectivity index (χ1n) is 6.74. The van der Waals surface area contributed by atoms with Crippen LogP contribution in [0.4, 0.5) is 0 Å². The van der Waals surface area contributed by atoms with Crippen molar-refractivity contribution in [1.29, 1.82) is 0 Å². The van der Waals surface area contributed by atoms with Gasteiger partial charge in [-0.25, -0.2) is 0 Å². The van der Waals surface area contributed by atoms with Crippen molar-refractivity contribution in [3.05, 3.63) is 35.6 Å². The topological polar surface area (TPSA) is 62.5 Å². The molecule has 2 N–H and O–H groups in total. The molecule has 1 heterocycles. The minimum Gasteiger partial charge on any atom is -0.451 e. The standard InChI is InChI=1S/C16H21NO3/c1-10-5-6-12-11(7-10)8-13(20-12)15(19)17-9-14(18)16(2,3)4/h5-8,14,18H,9H2,1-4H3,(H,17,19). The van der Waals surface area contributed by atoms with Crippen LogP contribution in [-0.2, 0) is 0 Å². The summed E-state index contributed by atoms with van der Waals surface area (Å²) >= 11 is 0. The molecule has 4 heteroatoms. The Balaban J connectivity index is 2.08. The zero-order chi connectivity index (χ0) is 14.9. The number of fused-ring (bicyclic) bond motifs is 1. The first-order chi connectivity index (χ1) is 9.27. The SMILES string of the molecule is Cc1ccc2oc(C(=O)NCC(O)C(C)(C)C)cc2c1. The molecule has 0 aliphatic rings. The number of aliphatic hydroxyl groups is 1. The quantitative estimate of drug-likeness (QED) is 0.905. The van der Waals surface area contributed by atoms with Crippen LogP contribution in [0.2, 0.25) is 0 Å². The summed E-state index contributed by atoms with van der Waals surface area (Å²) in [6, 6.07) is 7.49. The molecule has 1 aromatic carbocycles. The molecule has 0 aliphatic carbocycles. The van der Waals surface area contributed by atoms with E-state index in [1.54, 1.807) is 6.07 Å². The molecule has 108 valence electrons. The predicted octanol–water partition coefficient (Wildman–Crippen LogP) is 2.88. The summed E-state index contributed by atoms with van der Waals surface area (Å²) in [5.74, 6) is -0.0335. The fraction of sp³-hybridized carbons (Fsp3) is 0.438. The molecule has 4 nitrogen and oxygen atoms in total. The van der Waals surface area contributed by atoms with Crippen molar-refractivity contribution in [1.82, 2.24) is 5.32 Å². The van der Waals surface area contributed by atoms with Crippen LogP contribution < -0.4 is 5.32 Å². The van der Waals surface area contributed by atoms with Crippen molar-refractivity contribution >= 4 is 16.9 Å². The van der Waals surface area contributed by atoms with Gasteiger partial charge in [0.1, 0.15) is 5.58 Å². The fourth-order valence-corrected chi connectivity index (χ4v) is 1.86.